The monoisotopic (exact) mass is 311 g/mol. The van der Waals surface area contributed by atoms with Gasteiger partial charge in [0, 0.05) is 6.54 Å². The molecule has 2 rings (SSSR count). The normalized spacial score (nSPS) is 23.2. The van der Waals surface area contributed by atoms with Crippen LogP contribution < -0.4 is 5.32 Å². The number of amides is 1. The summed E-state index contributed by atoms with van der Waals surface area (Å²) in [5.41, 5.74) is -1.17. The quantitative estimate of drug-likeness (QED) is 0.833. The minimum absolute atomic E-state index is 0.166. The van der Waals surface area contributed by atoms with Crippen LogP contribution in [0.3, 0.4) is 0 Å². The van der Waals surface area contributed by atoms with Crippen molar-refractivity contribution in [1.29, 1.82) is 0 Å². The molecule has 0 aliphatic heterocycles. The second-order valence-corrected chi connectivity index (χ2v) is 8.21. The molecule has 0 aromatic carbocycles. The van der Waals surface area contributed by atoms with Crippen molar-refractivity contribution in [2.45, 2.75) is 77.7 Å². The van der Waals surface area contributed by atoms with E-state index < -0.39 is 23.1 Å². The number of carbonyl (C=O) groups excluding carboxylic acids is 1. The van der Waals surface area contributed by atoms with E-state index in [1.165, 1.54) is 25.7 Å². The van der Waals surface area contributed by atoms with Crippen LogP contribution in [0, 0.1) is 10.8 Å². The number of carbonyl (C=O) groups is 2. The lowest BCUT2D eigenvalue weighted by molar-refractivity contribution is -0.166. The third-order valence-electron chi connectivity index (χ3n) is 5.01. The smallest absolute Gasteiger partial charge is 0.407 e. The topological polar surface area (TPSA) is 75.6 Å². The fourth-order valence-corrected chi connectivity index (χ4v) is 4.12. The largest absolute Gasteiger partial charge is 0.481 e. The van der Waals surface area contributed by atoms with Gasteiger partial charge < -0.3 is 15.2 Å². The van der Waals surface area contributed by atoms with Crippen LogP contribution in [0.5, 0.6) is 0 Å². The summed E-state index contributed by atoms with van der Waals surface area (Å²) < 4.78 is 5.20. The number of rotatable bonds is 3. The lowest BCUT2D eigenvalue weighted by Crippen LogP contribution is -2.56. The highest BCUT2D eigenvalue weighted by Gasteiger charge is 2.58. The molecule has 0 unspecified atom stereocenters. The maximum Gasteiger partial charge on any atom is 0.407 e. The molecule has 2 saturated carbocycles. The Morgan fingerprint density at radius 3 is 2.09 bits per heavy atom. The second-order valence-electron chi connectivity index (χ2n) is 8.21. The zero-order chi connectivity index (χ0) is 16.4. The SMILES string of the molecule is CC(C)(C)OC(=O)NCC1(C(=O)O)CC2(CCCCCC2)C1. The number of carboxylic acids is 1. The van der Waals surface area contributed by atoms with Crippen LogP contribution in [-0.2, 0) is 9.53 Å². The average Bonchev–Trinajstić information content (AvgIpc) is 2.57. The molecule has 0 saturated heterocycles. The Labute approximate surface area is 132 Å². The maximum absolute atomic E-state index is 11.8. The number of nitrogens with one attached hydrogen (secondary N) is 1. The summed E-state index contributed by atoms with van der Waals surface area (Å²) >= 11 is 0. The standard InChI is InChI=1S/C17H29NO4/c1-15(2,3)22-14(21)18-12-17(13(19)20)10-16(11-17)8-6-4-5-7-9-16/h4-12H2,1-3H3,(H,18,21)(H,19,20). The van der Waals surface area contributed by atoms with Crippen LogP contribution in [0.15, 0.2) is 0 Å². The minimum atomic E-state index is -0.804. The average molecular weight is 311 g/mol. The molecule has 2 fully saturated rings. The Hall–Kier alpha value is -1.26. The Bertz CT molecular complexity index is 422. The van der Waals surface area contributed by atoms with Gasteiger partial charge in [-0.25, -0.2) is 4.79 Å². The van der Waals surface area contributed by atoms with Crippen molar-refractivity contribution in [1.82, 2.24) is 5.32 Å². The number of ether oxygens (including phenoxy) is 1. The van der Waals surface area contributed by atoms with Gasteiger partial charge in [0.1, 0.15) is 5.60 Å². The highest BCUT2D eigenvalue weighted by atomic mass is 16.6. The fraction of sp³-hybridized carbons (Fsp3) is 0.882. The van der Waals surface area contributed by atoms with Crippen molar-refractivity contribution in [2.75, 3.05) is 6.54 Å². The Morgan fingerprint density at radius 1 is 1.09 bits per heavy atom. The van der Waals surface area contributed by atoms with Crippen LogP contribution in [0.25, 0.3) is 0 Å². The van der Waals surface area contributed by atoms with Gasteiger partial charge in [0.2, 0.25) is 0 Å². The number of carboxylic acid groups (broad SMARTS) is 1. The first-order chi connectivity index (χ1) is 10.2. The fourth-order valence-electron chi connectivity index (χ4n) is 4.12. The van der Waals surface area contributed by atoms with Gasteiger partial charge in [-0.05, 0) is 51.9 Å². The molecule has 0 bridgehead atoms. The summed E-state index contributed by atoms with van der Waals surface area (Å²) in [7, 11) is 0. The van der Waals surface area contributed by atoms with Gasteiger partial charge in [-0.15, -0.1) is 0 Å². The minimum Gasteiger partial charge on any atom is -0.481 e. The van der Waals surface area contributed by atoms with E-state index >= 15 is 0 Å². The van der Waals surface area contributed by atoms with Crippen LogP contribution in [0.1, 0.15) is 72.1 Å². The van der Waals surface area contributed by atoms with E-state index in [1.54, 1.807) is 20.8 Å². The Kier molecular flexibility index (Phi) is 4.73. The van der Waals surface area contributed by atoms with E-state index in [4.69, 9.17) is 4.74 Å². The van der Waals surface area contributed by atoms with Crippen molar-refractivity contribution in [3.8, 4) is 0 Å². The Balaban J connectivity index is 1.92. The van der Waals surface area contributed by atoms with E-state index in [1.807, 2.05) is 0 Å². The highest BCUT2D eigenvalue weighted by molar-refractivity contribution is 5.78. The first-order valence-electron chi connectivity index (χ1n) is 8.37. The molecule has 2 aliphatic rings. The molecular formula is C17H29NO4. The molecule has 0 aromatic heterocycles. The first kappa shape index (κ1) is 17.1. The highest BCUT2D eigenvalue weighted by Crippen LogP contribution is 2.60. The summed E-state index contributed by atoms with van der Waals surface area (Å²) in [6.45, 7) is 5.55. The van der Waals surface area contributed by atoms with Crippen molar-refractivity contribution in [2.24, 2.45) is 10.8 Å². The van der Waals surface area contributed by atoms with Crippen molar-refractivity contribution in [3.63, 3.8) is 0 Å². The molecule has 126 valence electrons. The van der Waals surface area contributed by atoms with Gasteiger partial charge >= 0.3 is 12.1 Å². The zero-order valence-corrected chi connectivity index (χ0v) is 14.0. The molecular weight excluding hydrogens is 282 g/mol. The third kappa shape index (κ3) is 3.93. The van der Waals surface area contributed by atoms with Crippen LogP contribution in [-0.4, -0.2) is 29.3 Å². The van der Waals surface area contributed by atoms with Gasteiger partial charge in [-0.1, -0.05) is 25.7 Å². The number of alkyl carbamates (subject to hydrolysis) is 1. The van der Waals surface area contributed by atoms with Crippen LogP contribution in [0.4, 0.5) is 4.79 Å². The molecule has 22 heavy (non-hydrogen) atoms. The van der Waals surface area contributed by atoms with E-state index in [0.717, 1.165) is 12.8 Å². The molecule has 2 aliphatic carbocycles. The second kappa shape index (κ2) is 6.09. The molecule has 0 radical (unpaired) electrons. The predicted octanol–water partition coefficient (Wildman–Crippen LogP) is 3.72. The number of aliphatic carboxylic acids is 1. The number of hydrogen-bond donors (Lipinski definition) is 2. The summed E-state index contributed by atoms with van der Waals surface area (Å²) in [5.74, 6) is -0.793. The van der Waals surface area contributed by atoms with Gasteiger partial charge in [-0.2, -0.15) is 0 Å². The molecule has 2 N–H and O–H groups in total. The summed E-state index contributed by atoms with van der Waals surface area (Å²) in [5, 5.41) is 12.3. The zero-order valence-electron chi connectivity index (χ0n) is 14.0. The number of hydrogen-bond acceptors (Lipinski definition) is 3. The summed E-state index contributed by atoms with van der Waals surface area (Å²) in [6.07, 6.45) is 8.04. The van der Waals surface area contributed by atoms with Crippen molar-refractivity contribution in [3.05, 3.63) is 0 Å². The van der Waals surface area contributed by atoms with E-state index in [2.05, 4.69) is 5.32 Å². The summed E-state index contributed by atoms with van der Waals surface area (Å²) in [4.78, 5) is 23.5. The van der Waals surface area contributed by atoms with Crippen LogP contribution >= 0.6 is 0 Å². The van der Waals surface area contributed by atoms with Gasteiger partial charge in [0.05, 0.1) is 5.41 Å². The Morgan fingerprint density at radius 2 is 1.64 bits per heavy atom. The maximum atomic E-state index is 11.8. The van der Waals surface area contributed by atoms with E-state index in [-0.39, 0.29) is 12.0 Å². The van der Waals surface area contributed by atoms with E-state index in [9.17, 15) is 14.7 Å². The molecule has 0 heterocycles. The van der Waals surface area contributed by atoms with Gasteiger partial charge in [-0.3, -0.25) is 4.79 Å². The molecule has 0 atom stereocenters. The van der Waals surface area contributed by atoms with Crippen molar-refractivity contribution < 1.29 is 19.4 Å². The lowest BCUT2D eigenvalue weighted by atomic mass is 9.50. The lowest BCUT2D eigenvalue weighted by Gasteiger charge is -2.54. The van der Waals surface area contributed by atoms with Crippen LogP contribution in [0.2, 0.25) is 0 Å². The van der Waals surface area contributed by atoms with Gasteiger partial charge in [0.15, 0.2) is 0 Å². The van der Waals surface area contributed by atoms with Gasteiger partial charge in [0.25, 0.3) is 0 Å². The molecule has 1 amide bonds. The molecule has 1 spiro atoms. The summed E-state index contributed by atoms with van der Waals surface area (Å²) in [6, 6.07) is 0. The van der Waals surface area contributed by atoms with Crippen molar-refractivity contribution >= 4 is 12.1 Å². The van der Waals surface area contributed by atoms with E-state index in [0.29, 0.717) is 12.8 Å². The third-order valence-corrected chi connectivity index (χ3v) is 5.01. The molecule has 5 heteroatoms. The molecule has 0 aromatic rings. The molecule has 5 nitrogen and oxygen atoms in total. The predicted molar refractivity (Wildman–Crippen MR) is 83.7 cm³/mol. The first-order valence-corrected chi connectivity index (χ1v) is 8.37.